The van der Waals surface area contributed by atoms with Gasteiger partial charge in [0.25, 0.3) is 11.8 Å². The van der Waals surface area contributed by atoms with Crippen LogP contribution >= 0.6 is 0 Å². The fourth-order valence-electron chi connectivity index (χ4n) is 2.59. The van der Waals surface area contributed by atoms with Crippen LogP contribution < -0.4 is 10.6 Å². The zero-order chi connectivity index (χ0) is 20.2. The number of imide groups is 1. The van der Waals surface area contributed by atoms with Gasteiger partial charge in [-0.15, -0.1) is 0 Å². The van der Waals surface area contributed by atoms with E-state index in [0.717, 1.165) is 16.0 Å². The summed E-state index contributed by atoms with van der Waals surface area (Å²) in [5.74, 6) is -1.76. The highest BCUT2D eigenvalue weighted by atomic mass is 16.5. The van der Waals surface area contributed by atoms with Crippen molar-refractivity contribution in [2.45, 2.75) is 52.3 Å². The molecule has 0 aromatic heterocycles. The number of carbonyl (C=O) groups is 4. The first kappa shape index (κ1) is 20.4. The van der Waals surface area contributed by atoms with Crippen LogP contribution in [0.4, 0.5) is 4.79 Å². The van der Waals surface area contributed by atoms with E-state index in [1.807, 2.05) is 31.2 Å². The average Bonchev–Trinajstić information content (AvgIpc) is 2.84. The van der Waals surface area contributed by atoms with Crippen LogP contribution in [0.3, 0.4) is 0 Å². The summed E-state index contributed by atoms with van der Waals surface area (Å²) in [7, 11) is 0. The average molecular weight is 375 g/mol. The molecule has 4 amide bonds. The molecule has 8 heteroatoms. The molecule has 1 aliphatic rings. The van der Waals surface area contributed by atoms with E-state index in [2.05, 4.69) is 10.6 Å². The number of ether oxygens (including phenoxy) is 1. The van der Waals surface area contributed by atoms with E-state index in [9.17, 15) is 19.2 Å². The molecule has 1 fully saturated rings. The molecule has 1 saturated heterocycles. The van der Waals surface area contributed by atoms with Crippen LogP contribution in [0.2, 0.25) is 0 Å². The Morgan fingerprint density at radius 2 is 1.89 bits per heavy atom. The summed E-state index contributed by atoms with van der Waals surface area (Å²) in [6.45, 7) is 6.54. The zero-order valence-corrected chi connectivity index (χ0v) is 16.0. The van der Waals surface area contributed by atoms with Crippen LogP contribution in [0.15, 0.2) is 24.3 Å². The van der Waals surface area contributed by atoms with E-state index >= 15 is 0 Å². The van der Waals surface area contributed by atoms with Gasteiger partial charge in [0.05, 0.1) is 0 Å². The molecule has 1 heterocycles. The van der Waals surface area contributed by atoms with Crippen molar-refractivity contribution in [3.63, 3.8) is 0 Å². The van der Waals surface area contributed by atoms with E-state index in [-0.39, 0.29) is 0 Å². The number of aryl methyl sites for hydroxylation is 1. The molecule has 0 saturated carbocycles. The molecule has 0 radical (unpaired) electrons. The third-order valence-electron chi connectivity index (χ3n) is 4.60. The predicted octanol–water partition coefficient (Wildman–Crippen LogP) is 1.26. The summed E-state index contributed by atoms with van der Waals surface area (Å²) in [6.07, 6.45) is -0.637. The van der Waals surface area contributed by atoms with Gasteiger partial charge in [0.1, 0.15) is 12.1 Å². The number of carbonyl (C=O) groups excluding carboxylic acids is 4. The number of nitrogens with one attached hydrogen (secondary N) is 2. The van der Waals surface area contributed by atoms with Crippen molar-refractivity contribution in [3.05, 3.63) is 35.4 Å². The molecule has 0 aliphatic carbocycles. The molecule has 1 aromatic rings. The summed E-state index contributed by atoms with van der Waals surface area (Å²) in [5, 5.41) is 5.23. The SMILES string of the molecule is CC[C@]1(C)NC(=O)N(CC(=O)O[C@H](C)C(=O)NCc2ccc(C)cc2)C1=O. The van der Waals surface area contributed by atoms with Crippen molar-refractivity contribution >= 4 is 23.8 Å². The second-order valence-corrected chi connectivity index (χ2v) is 6.84. The monoisotopic (exact) mass is 375 g/mol. The molecule has 1 aromatic carbocycles. The van der Waals surface area contributed by atoms with Gasteiger partial charge in [-0.3, -0.25) is 19.3 Å². The van der Waals surface area contributed by atoms with Crippen LogP contribution in [0.1, 0.15) is 38.3 Å². The molecule has 2 atom stereocenters. The lowest BCUT2D eigenvalue weighted by atomic mass is 9.99. The van der Waals surface area contributed by atoms with Gasteiger partial charge in [0.2, 0.25) is 0 Å². The van der Waals surface area contributed by atoms with Gasteiger partial charge in [0.15, 0.2) is 6.10 Å². The lowest BCUT2D eigenvalue weighted by Gasteiger charge is -2.19. The first-order valence-electron chi connectivity index (χ1n) is 8.83. The Kier molecular flexibility index (Phi) is 6.20. The Bertz CT molecular complexity index is 746. The second-order valence-electron chi connectivity index (χ2n) is 6.84. The number of rotatable bonds is 7. The minimum Gasteiger partial charge on any atom is -0.451 e. The topological polar surface area (TPSA) is 105 Å². The highest BCUT2D eigenvalue weighted by molar-refractivity contribution is 6.08. The van der Waals surface area contributed by atoms with E-state index in [1.54, 1.807) is 13.8 Å². The fraction of sp³-hybridized carbons (Fsp3) is 0.474. The first-order chi connectivity index (χ1) is 12.7. The van der Waals surface area contributed by atoms with E-state index in [0.29, 0.717) is 13.0 Å². The summed E-state index contributed by atoms with van der Waals surface area (Å²) in [5.41, 5.74) is 1.02. The molecule has 146 valence electrons. The second kappa shape index (κ2) is 8.20. The lowest BCUT2D eigenvalue weighted by molar-refractivity contribution is -0.156. The van der Waals surface area contributed by atoms with Crippen molar-refractivity contribution < 1.29 is 23.9 Å². The molecule has 0 spiro atoms. The first-order valence-corrected chi connectivity index (χ1v) is 8.83. The molecular weight excluding hydrogens is 350 g/mol. The number of nitrogens with zero attached hydrogens (tertiary/aromatic N) is 1. The van der Waals surface area contributed by atoms with Gasteiger partial charge in [-0.05, 0) is 32.8 Å². The normalized spacial score (nSPS) is 20.2. The molecule has 1 aliphatic heterocycles. The van der Waals surface area contributed by atoms with Crippen molar-refractivity contribution in [1.82, 2.24) is 15.5 Å². The smallest absolute Gasteiger partial charge is 0.327 e. The Morgan fingerprint density at radius 1 is 1.26 bits per heavy atom. The van der Waals surface area contributed by atoms with Crippen LogP contribution in [0.5, 0.6) is 0 Å². The highest BCUT2D eigenvalue weighted by Gasteiger charge is 2.47. The van der Waals surface area contributed by atoms with Gasteiger partial charge in [-0.25, -0.2) is 4.79 Å². The van der Waals surface area contributed by atoms with Crippen LogP contribution in [-0.2, 0) is 25.7 Å². The summed E-state index contributed by atoms with van der Waals surface area (Å²) < 4.78 is 5.06. The van der Waals surface area contributed by atoms with Crippen molar-refractivity contribution in [1.29, 1.82) is 0 Å². The Labute approximate surface area is 158 Å². The maximum atomic E-state index is 12.3. The van der Waals surface area contributed by atoms with Crippen molar-refractivity contribution in [3.8, 4) is 0 Å². The third kappa shape index (κ3) is 4.84. The lowest BCUT2D eigenvalue weighted by Crippen LogP contribution is -2.44. The number of hydrogen-bond acceptors (Lipinski definition) is 5. The number of amides is 4. The van der Waals surface area contributed by atoms with Crippen molar-refractivity contribution in [2.24, 2.45) is 0 Å². The summed E-state index contributed by atoms with van der Waals surface area (Å²) in [6, 6.07) is 7.03. The Hall–Kier alpha value is -2.90. The van der Waals surface area contributed by atoms with Crippen LogP contribution in [0, 0.1) is 6.92 Å². The summed E-state index contributed by atoms with van der Waals surface area (Å²) >= 11 is 0. The molecule has 2 N–H and O–H groups in total. The highest BCUT2D eigenvalue weighted by Crippen LogP contribution is 2.20. The molecule has 2 rings (SSSR count). The van der Waals surface area contributed by atoms with E-state index < -0.39 is 42.0 Å². The van der Waals surface area contributed by atoms with Crippen molar-refractivity contribution in [2.75, 3.05) is 6.54 Å². The summed E-state index contributed by atoms with van der Waals surface area (Å²) in [4.78, 5) is 49.1. The number of urea groups is 1. The molecular formula is C19H25N3O5. The zero-order valence-electron chi connectivity index (χ0n) is 16.0. The minimum atomic E-state index is -1.04. The van der Waals surface area contributed by atoms with E-state index in [1.165, 1.54) is 6.92 Å². The maximum Gasteiger partial charge on any atom is 0.327 e. The van der Waals surface area contributed by atoms with E-state index in [4.69, 9.17) is 4.74 Å². The number of hydrogen-bond donors (Lipinski definition) is 2. The molecule has 0 unspecified atom stereocenters. The molecule has 27 heavy (non-hydrogen) atoms. The van der Waals surface area contributed by atoms with Gasteiger partial charge < -0.3 is 15.4 Å². The Morgan fingerprint density at radius 3 is 2.44 bits per heavy atom. The fourth-order valence-corrected chi connectivity index (χ4v) is 2.59. The third-order valence-corrected chi connectivity index (χ3v) is 4.60. The van der Waals surface area contributed by atoms with Gasteiger partial charge >= 0.3 is 12.0 Å². The maximum absolute atomic E-state index is 12.3. The van der Waals surface area contributed by atoms with Crippen LogP contribution in [0.25, 0.3) is 0 Å². The van der Waals surface area contributed by atoms with Gasteiger partial charge in [-0.2, -0.15) is 0 Å². The predicted molar refractivity (Wildman–Crippen MR) is 97.5 cm³/mol. The Balaban J connectivity index is 1.84. The standard InChI is InChI=1S/C19H25N3O5/c1-5-19(4)17(25)22(18(26)21-19)11-15(23)27-13(3)16(24)20-10-14-8-6-12(2)7-9-14/h6-9,13H,5,10-11H2,1-4H3,(H,20,24)(H,21,26)/t13-,19+/m1/s1. The number of esters is 1. The van der Waals surface area contributed by atoms with Gasteiger partial charge in [-0.1, -0.05) is 36.8 Å². The van der Waals surface area contributed by atoms with Crippen LogP contribution in [-0.4, -0.2) is 46.9 Å². The molecule has 8 nitrogen and oxygen atoms in total. The number of benzene rings is 1. The quantitative estimate of drug-likeness (QED) is 0.551. The molecule has 0 bridgehead atoms. The minimum absolute atomic E-state index is 0.308. The van der Waals surface area contributed by atoms with Gasteiger partial charge in [0, 0.05) is 6.54 Å². The largest absolute Gasteiger partial charge is 0.451 e.